The lowest BCUT2D eigenvalue weighted by molar-refractivity contribution is 0.0695. The first-order valence-electron chi connectivity index (χ1n) is 8.77. The van der Waals surface area contributed by atoms with Gasteiger partial charge in [0, 0.05) is 0 Å². The van der Waals surface area contributed by atoms with E-state index in [1.807, 2.05) is 42.5 Å². The molecule has 0 saturated heterocycles. The molecule has 0 aliphatic carbocycles. The number of furan rings is 2. The van der Waals surface area contributed by atoms with Crippen LogP contribution in [0.3, 0.4) is 0 Å². The summed E-state index contributed by atoms with van der Waals surface area (Å²) in [5.41, 5.74) is 1.06. The molecule has 142 valence electrons. The molecular weight excluding hydrogens is 358 g/mol. The van der Waals surface area contributed by atoms with Crippen molar-refractivity contribution in [3.05, 3.63) is 90.5 Å². The predicted molar refractivity (Wildman–Crippen MR) is 101 cm³/mol. The summed E-state index contributed by atoms with van der Waals surface area (Å²) in [6, 6.07) is 16.8. The molecule has 1 amide bonds. The van der Waals surface area contributed by atoms with Crippen LogP contribution in [0.15, 0.2) is 82.2 Å². The van der Waals surface area contributed by atoms with Crippen molar-refractivity contribution in [1.82, 2.24) is 14.7 Å². The topological polar surface area (TPSA) is 73.6 Å². The van der Waals surface area contributed by atoms with Crippen LogP contribution in [0.1, 0.15) is 22.0 Å². The van der Waals surface area contributed by atoms with Crippen molar-refractivity contribution in [2.75, 3.05) is 7.11 Å². The Kier molecular flexibility index (Phi) is 4.97. The first-order chi connectivity index (χ1) is 13.7. The highest BCUT2D eigenvalue weighted by atomic mass is 16.5. The zero-order chi connectivity index (χ0) is 19.3. The molecule has 0 unspecified atom stereocenters. The first kappa shape index (κ1) is 17.7. The van der Waals surface area contributed by atoms with Crippen LogP contribution in [0.2, 0.25) is 0 Å². The summed E-state index contributed by atoms with van der Waals surface area (Å²) in [5.74, 6) is 1.46. The van der Waals surface area contributed by atoms with Crippen LogP contribution in [-0.2, 0) is 13.1 Å². The summed E-state index contributed by atoms with van der Waals surface area (Å²) in [5, 5.41) is 4.47. The van der Waals surface area contributed by atoms with Crippen molar-refractivity contribution in [3.63, 3.8) is 0 Å². The summed E-state index contributed by atoms with van der Waals surface area (Å²) in [7, 11) is 1.52. The molecule has 0 atom stereocenters. The number of para-hydroxylation sites is 1. The van der Waals surface area contributed by atoms with Gasteiger partial charge in [0.25, 0.3) is 5.91 Å². The minimum Gasteiger partial charge on any atom is -0.493 e. The van der Waals surface area contributed by atoms with Crippen LogP contribution >= 0.6 is 0 Å². The first-order valence-corrected chi connectivity index (χ1v) is 8.77. The number of hydrogen-bond donors (Lipinski definition) is 0. The molecule has 0 aliphatic heterocycles. The zero-order valence-electron chi connectivity index (χ0n) is 15.3. The monoisotopic (exact) mass is 377 g/mol. The number of benzene rings is 1. The van der Waals surface area contributed by atoms with Crippen molar-refractivity contribution in [1.29, 1.82) is 0 Å². The second-order valence-electron chi connectivity index (χ2n) is 6.15. The fraction of sp³-hybridized carbons (Fsp3) is 0.143. The normalized spacial score (nSPS) is 10.8. The lowest BCUT2D eigenvalue weighted by atomic mass is 10.3. The maximum atomic E-state index is 13.3. The third kappa shape index (κ3) is 3.68. The third-order valence-electron chi connectivity index (χ3n) is 4.26. The van der Waals surface area contributed by atoms with Gasteiger partial charge in [-0.05, 0) is 36.4 Å². The molecule has 7 nitrogen and oxygen atoms in total. The maximum Gasteiger partial charge on any atom is 0.279 e. The molecule has 1 aromatic carbocycles. The number of aromatic nitrogens is 2. The molecule has 7 heteroatoms. The van der Waals surface area contributed by atoms with Crippen molar-refractivity contribution in [2.45, 2.75) is 13.1 Å². The fourth-order valence-electron chi connectivity index (χ4n) is 2.90. The average molecular weight is 377 g/mol. The predicted octanol–water partition coefficient (Wildman–Crippen LogP) is 3.91. The molecule has 28 heavy (non-hydrogen) atoms. The molecule has 0 fully saturated rings. The Morgan fingerprint density at radius 3 is 2.18 bits per heavy atom. The minimum absolute atomic E-state index is 0.226. The standard InChI is InChI=1S/C21H19N3O4/c1-26-19-15-24(16-7-3-2-4-8-16)22-20(19)21(25)23(13-17-9-5-11-27-17)14-18-10-6-12-28-18/h2-12,15H,13-14H2,1H3. The van der Waals surface area contributed by atoms with Crippen LogP contribution in [0, 0.1) is 0 Å². The summed E-state index contributed by atoms with van der Waals surface area (Å²) in [6.45, 7) is 0.571. The van der Waals surface area contributed by atoms with Gasteiger partial charge in [0.1, 0.15) is 11.5 Å². The highest BCUT2D eigenvalue weighted by Gasteiger charge is 2.25. The van der Waals surface area contributed by atoms with E-state index in [0.29, 0.717) is 17.3 Å². The number of methoxy groups -OCH3 is 1. The quantitative estimate of drug-likeness (QED) is 0.488. The highest BCUT2D eigenvalue weighted by Crippen LogP contribution is 2.23. The van der Waals surface area contributed by atoms with E-state index >= 15 is 0 Å². The fourth-order valence-corrected chi connectivity index (χ4v) is 2.90. The molecule has 0 saturated carbocycles. The van der Waals surface area contributed by atoms with Crippen molar-refractivity contribution in [3.8, 4) is 11.4 Å². The second-order valence-corrected chi connectivity index (χ2v) is 6.15. The molecule has 0 N–H and O–H groups in total. The summed E-state index contributed by atoms with van der Waals surface area (Å²) in [6.07, 6.45) is 4.85. The maximum absolute atomic E-state index is 13.3. The van der Waals surface area contributed by atoms with E-state index in [1.54, 1.807) is 40.4 Å². The molecule has 0 bridgehead atoms. The van der Waals surface area contributed by atoms with Gasteiger partial charge in [-0.15, -0.1) is 0 Å². The number of hydrogen-bond acceptors (Lipinski definition) is 5. The largest absolute Gasteiger partial charge is 0.493 e. The van der Waals surface area contributed by atoms with Crippen molar-refractivity contribution in [2.24, 2.45) is 0 Å². The minimum atomic E-state index is -0.278. The number of rotatable bonds is 7. The number of nitrogens with zero attached hydrogens (tertiary/aromatic N) is 3. The lowest BCUT2D eigenvalue weighted by Gasteiger charge is -2.20. The molecule has 3 heterocycles. The third-order valence-corrected chi connectivity index (χ3v) is 4.26. The van der Waals surface area contributed by atoms with Crippen molar-refractivity contribution < 1.29 is 18.4 Å². The van der Waals surface area contributed by atoms with Gasteiger partial charge >= 0.3 is 0 Å². The lowest BCUT2D eigenvalue weighted by Crippen LogP contribution is -2.30. The molecule has 0 aliphatic rings. The Morgan fingerprint density at radius 1 is 1.00 bits per heavy atom. The smallest absolute Gasteiger partial charge is 0.279 e. The molecular formula is C21H19N3O4. The SMILES string of the molecule is COc1cn(-c2ccccc2)nc1C(=O)N(Cc1ccco1)Cc1ccco1. The average Bonchev–Trinajstić information content (AvgIpc) is 3.49. The summed E-state index contributed by atoms with van der Waals surface area (Å²) >= 11 is 0. The molecule has 4 rings (SSSR count). The zero-order valence-corrected chi connectivity index (χ0v) is 15.3. The molecule has 3 aromatic heterocycles. The van der Waals surface area contributed by atoms with Gasteiger partial charge < -0.3 is 18.5 Å². The van der Waals surface area contributed by atoms with Crippen LogP contribution in [-0.4, -0.2) is 27.7 Å². The van der Waals surface area contributed by atoms with E-state index < -0.39 is 0 Å². The Labute approximate surface area is 161 Å². The number of ether oxygens (including phenoxy) is 1. The van der Waals surface area contributed by atoms with Gasteiger partial charge in [-0.3, -0.25) is 4.79 Å². The van der Waals surface area contributed by atoms with E-state index in [2.05, 4.69) is 5.10 Å². The Bertz CT molecular complexity index is 985. The Hall–Kier alpha value is -3.74. The van der Waals surface area contributed by atoms with Gasteiger partial charge in [0.15, 0.2) is 11.4 Å². The molecule has 0 spiro atoms. The summed E-state index contributed by atoms with van der Waals surface area (Å²) < 4.78 is 17.9. The van der Waals surface area contributed by atoms with E-state index in [1.165, 1.54) is 7.11 Å². The highest BCUT2D eigenvalue weighted by molar-refractivity contribution is 5.95. The van der Waals surface area contributed by atoms with Gasteiger partial charge in [0.2, 0.25) is 0 Å². The van der Waals surface area contributed by atoms with E-state index in [4.69, 9.17) is 13.6 Å². The summed E-state index contributed by atoms with van der Waals surface area (Å²) in [4.78, 5) is 14.9. The van der Waals surface area contributed by atoms with E-state index in [0.717, 1.165) is 5.69 Å². The van der Waals surface area contributed by atoms with Crippen molar-refractivity contribution >= 4 is 5.91 Å². The van der Waals surface area contributed by atoms with Gasteiger partial charge in [-0.1, -0.05) is 18.2 Å². The Balaban J connectivity index is 1.66. The van der Waals surface area contributed by atoms with Gasteiger partial charge in [0.05, 0.1) is 44.6 Å². The van der Waals surface area contributed by atoms with Crippen LogP contribution in [0.5, 0.6) is 5.75 Å². The van der Waals surface area contributed by atoms with Gasteiger partial charge in [-0.25, -0.2) is 4.68 Å². The van der Waals surface area contributed by atoms with Crippen LogP contribution in [0.25, 0.3) is 5.69 Å². The Morgan fingerprint density at radius 2 is 1.64 bits per heavy atom. The van der Waals surface area contributed by atoms with Crippen LogP contribution < -0.4 is 4.74 Å². The van der Waals surface area contributed by atoms with Crippen LogP contribution in [0.4, 0.5) is 0 Å². The molecule has 4 aromatic rings. The van der Waals surface area contributed by atoms with E-state index in [9.17, 15) is 4.79 Å². The number of carbonyl (C=O) groups excluding carboxylic acids is 1. The molecule has 0 radical (unpaired) electrons. The van der Waals surface area contributed by atoms with E-state index in [-0.39, 0.29) is 24.7 Å². The van der Waals surface area contributed by atoms with Gasteiger partial charge in [-0.2, -0.15) is 5.10 Å². The number of amides is 1. The number of carbonyl (C=O) groups is 1. The second kappa shape index (κ2) is 7.87.